The summed E-state index contributed by atoms with van der Waals surface area (Å²) in [6, 6.07) is 0. The van der Waals surface area contributed by atoms with E-state index in [0.717, 1.165) is 0 Å². The minimum atomic E-state index is -3.88. The molecule has 0 aliphatic heterocycles. The van der Waals surface area contributed by atoms with Gasteiger partial charge in [0, 0.05) is 5.75 Å². The first-order valence-corrected chi connectivity index (χ1v) is 6.55. The van der Waals surface area contributed by atoms with Crippen molar-refractivity contribution in [1.29, 1.82) is 0 Å². The lowest BCUT2D eigenvalue weighted by atomic mass is 11.0. The topological polar surface area (TPSA) is 106 Å². The molecule has 9 heteroatoms. The lowest BCUT2D eigenvalue weighted by Crippen LogP contribution is -2.05. The van der Waals surface area contributed by atoms with Crippen LogP contribution < -0.4 is 5.73 Å². The number of nitrogen functional groups attached to an aromatic ring is 1. The molecule has 13 heavy (non-hydrogen) atoms. The predicted molar refractivity (Wildman–Crippen MR) is 51.5 cm³/mol. The van der Waals surface area contributed by atoms with E-state index in [0.29, 0.717) is 9.47 Å². The second-order valence-electron chi connectivity index (χ2n) is 2.04. The molecule has 1 aromatic rings. The SMILES string of the molecule is Nc1nnc(SCCS(=O)(=O)O)s1. The smallest absolute Gasteiger partial charge is 0.265 e. The molecule has 1 aromatic heterocycles. The van der Waals surface area contributed by atoms with Crippen LogP contribution in [-0.4, -0.2) is 34.7 Å². The second kappa shape index (κ2) is 4.22. The van der Waals surface area contributed by atoms with Crippen LogP contribution in [0, 0.1) is 0 Å². The van der Waals surface area contributed by atoms with Crippen LogP contribution in [0.25, 0.3) is 0 Å². The van der Waals surface area contributed by atoms with E-state index in [-0.39, 0.29) is 11.5 Å². The fraction of sp³-hybridized carbons (Fsp3) is 0.500. The lowest BCUT2D eigenvalue weighted by Gasteiger charge is -1.93. The number of hydrogen-bond acceptors (Lipinski definition) is 7. The maximum absolute atomic E-state index is 10.3. The maximum Gasteiger partial charge on any atom is 0.265 e. The molecule has 74 valence electrons. The van der Waals surface area contributed by atoms with E-state index < -0.39 is 10.1 Å². The van der Waals surface area contributed by atoms with Gasteiger partial charge in [0.05, 0.1) is 5.75 Å². The van der Waals surface area contributed by atoms with Crippen molar-refractivity contribution >= 4 is 38.3 Å². The molecular formula is C4H7N3O3S3. The molecule has 0 spiro atoms. The summed E-state index contributed by atoms with van der Waals surface area (Å²) in [4.78, 5) is 0. The monoisotopic (exact) mass is 241 g/mol. The summed E-state index contributed by atoms with van der Waals surface area (Å²) in [5.74, 6) is -0.0510. The largest absolute Gasteiger partial charge is 0.374 e. The molecule has 3 N–H and O–H groups in total. The number of aromatic nitrogens is 2. The van der Waals surface area contributed by atoms with Crippen molar-refractivity contribution < 1.29 is 13.0 Å². The highest BCUT2D eigenvalue weighted by atomic mass is 32.2. The van der Waals surface area contributed by atoms with Crippen molar-refractivity contribution in [1.82, 2.24) is 10.2 Å². The van der Waals surface area contributed by atoms with Gasteiger partial charge in [0.1, 0.15) is 0 Å². The Labute approximate surface area is 83.3 Å². The van der Waals surface area contributed by atoms with Crippen molar-refractivity contribution in [2.45, 2.75) is 4.34 Å². The van der Waals surface area contributed by atoms with Crippen LogP contribution in [0.2, 0.25) is 0 Å². The molecule has 0 amide bonds. The number of thioether (sulfide) groups is 1. The van der Waals surface area contributed by atoms with Gasteiger partial charge >= 0.3 is 0 Å². The van der Waals surface area contributed by atoms with Crippen LogP contribution in [0.1, 0.15) is 0 Å². The van der Waals surface area contributed by atoms with Gasteiger partial charge in [-0.1, -0.05) is 23.1 Å². The van der Waals surface area contributed by atoms with Crippen LogP contribution >= 0.6 is 23.1 Å². The fourth-order valence-electron chi connectivity index (χ4n) is 0.513. The molecule has 0 saturated heterocycles. The molecule has 1 rings (SSSR count). The summed E-state index contributed by atoms with van der Waals surface area (Å²) in [6.07, 6.45) is 0. The number of rotatable bonds is 4. The molecule has 0 aromatic carbocycles. The van der Waals surface area contributed by atoms with Crippen LogP contribution in [0.4, 0.5) is 5.13 Å². The zero-order chi connectivity index (χ0) is 9.90. The molecule has 0 radical (unpaired) electrons. The van der Waals surface area contributed by atoms with Gasteiger partial charge in [-0.15, -0.1) is 10.2 Å². The van der Waals surface area contributed by atoms with E-state index in [1.165, 1.54) is 23.1 Å². The molecule has 0 unspecified atom stereocenters. The molecule has 0 fully saturated rings. The van der Waals surface area contributed by atoms with Crippen molar-refractivity contribution in [3.05, 3.63) is 0 Å². The van der Waals surface area contributed by atoms with Gasteiger partial charge in [0.15, 0.2) is 4.34 Å². The zero-order valence-electron chi connectivity index (χ0n) is 6.37. The Morgan fingerprint density at radius 1 is 1.54 bits per heavy atom. The van der Waals surface area contributed by atoms with Crippen molar-refractivity contribution in [3.63, 3.8) is 0 Å². The van der Waals surface area contributed by atoms with E-state index in [1.54, 1.807) is 0 Å². The zero-order valence-corrected chi connectivity index (χ0v) is 8.82. The third-order valence-electron chi connectivity index (χ3n) is 0.989. The Kier molecular flexibility index (Phi) is 3.47. The summed E-state index contributed by atoms with van der Waals surface area (Å²) >= 11 is 2.37. The number of hydrogen-bond donors (Lipinski definition) is 2. The van der Waals surface area contributed by atoms with E-state index in [4.69, 9.17) is 10.3 Å². The third kappa shape index (κ3) is 4.41. The fourth-order valence-corrected chi connectivity index (χ4v) is 3.05. The number of nitrogens with zero attached hydrogens (tertiary/aromatic N) is 2. The molecular weight excluding hydrogens is 234 g/mol. The van der Waals surface area contributed by atoms with Crippen molar-refractivity contribution in [3.8, 4) is 0 Å². The first-order chi connectivity index (χ1) is 5.97. The normalized spacial score (nSPS) is 11.8. The number of anilines is 1. The van der Waals surface area contributed by atoms with Gasteiger partial charge in [-0.25, -0.2) is 0 Å². The summed E-state index contributed by atoms with van der Waals surface area (Å²) in [7, 11) is -3.88. The summed E-state index contributed by atoms with van der Waals surface area (Å²) < 4.78 is 29.6. The van der Waals surface area contributed by atoms with E-state index in [2.05, 4.69) is 10.2 Å². The highest BCUT2D eigenvalue weighted by Crippen LogP contribution is 2.23. The van der Waals surface area contributed by atoms with Gasteiger partial charge in [0.2, 0.25) is 5.13 Å². The van der Waals surface area contributed by atoms with Crippen LogP contribution in [0.3, 0.4) is 0 Å². The lowest BCUT2D eigenvalue weighted by molar-refractivity contribution is 0.485. The highest BCUT2D eigenvalue weighted by Gasteiger charge is 2.06. The van der Waals surface area contributed by atoms with Gasteiger partial charge in [-0.3, -0.25) is 4.55 Å². The molecule has 0 bridgehead atoms. The van der Waals surface area contributed by atoms with Gasteiger partial charge in [-0.05, 0) is 0 Å². The van der Waals surface area contributed by atoms with Gasteiger partial charge in [0.25, 0.3) is 10.1 Å². The van der Waals surface area contributed by atoms with Crippen LogP contribution in [0.15, 0.2) is 4.34 Å². The quantitative estimate of drug-likeness (QED) is 0.568. The average molecular weight is 241 g/mol. The average Bonchev–Trinajstić information content (AvgIpc) is 2.33. The minimum Gasteiger partial charge on any atom is -0.374 e. The van der Waals surface area contributed by atoms with Crippen LogP contribution in [-0.2, 0) is 10.1 Å². The molecule has 0 atom stereocenters. The molecule has 0 aliphatic rings. The summed E-state index contributed by atoms with van der Waals surface area (Å²) in [6.45, 7) is 0. The van der Waals surface area contributed by atoms with E-state index in [9.17, 15) is 8.42 Å². The Morgan fingerprint density at radius 2 is 2.23 bits per heavy atom. The molecule has 1 heterocycles. The van der Waals surface area contributed by atoms with Gasteiger partial charge < -0.3 is 5.73 Å². The van der Waals surface area contributed by atoms with Crippen LogP contribution in [0.5, 0.6) is 0 Å². The maximum atomic E-state index is 10.3. The first kappa shape index (κ1) is 10.7. The predicted octanol–water partition coefficient (Wildman–Crippen LogP) is 0.100. The number of nitrogens with two attached hydrogens (primary N) is 1. The second-order valence-corrected chi connectivity index (χ2v) is 5.96. The summed E-state index contributed by atoms with van der Waals surface area (Å²) in [5.41, 5.74) is 5.30. The molecule has 0 aliphatic carbocycles. The first-order valence-electron chi connectivity index (χ1n) is 3.14. The van der Waals surface area contributed by atoms with Crippen molar-refractivity contribution in [2.75, 3.05) is 17.2 Å². The third-order valence-corrected chi connectivity index (χ3v) is 3.85. The molecule has 0 saturated carbocycles. The Hall–Kier alpha value is -0.380. The molecule has 6 nitrogen and oxygen atoms in total. The standard InChI is InChI=1S/C4H7N3O3S3/c5-3-6-7-4(12-3)11-1-2-13(8,9)10/h1-2H2,(H2,5,6)(H,8,9,10). The highest BCUT2D eigenvalue weighted by molar-refractivity contribution is 8.01. The Balaban J connectivity index is 2.36. The summed E-state index contributed by atoms with van der Waals surface area (Å²) in [5, 5.41) is 7.55. The van der Waals surface area contributed by atoms with Gasteiger partial charge in [-0.2, -0.15) is 8.42 Å². The minimum absolute atomic E-state index is 0.244. The van der Waals surface area contributed by atoms with E-state index in [1.807, 2.05) is 0 Å². The van der Waals surface area contributed by atoms with E-state index >= 15 is 0 Å². The van der Waals surface area contributed by atoms with Crippen molar-refractivity contribution in [2.24, 2.45) is 0 Å². The Morgan fingerprint density at radius 3 is 2.69 bits per heavy atom. The Bertz CT molecular complexity index is 373.